The lowest BCUT2D eigenvalue weighted by Gasteiger charge is -2.50. The van der Waals surface area contributed by atoms with E-state index in [0.29, 0.717) is 6.61 Å². The van der Waals surface area contributed by atoms with Gasteiger partial charge >= 0.3 is 11.9 Å². The van der Waals surface area contributed by atoms with Gasteiger partial charge in [-0.25, -0.2) is 0 Å². The second-order valence-electron chi connectivity index (χ2n) is 7.53. The van der Waals surface area contributed by atoms with Gasteiger partial charge in [-0.2, -0.15) is 0 Å². The van der Waals surface area contributed by atoms with Crippen LogP contribution < -0.4 is 0 Å². The molecule has 0 aliphatic heterocycles. The number of benzene rings is 2. The fourth-order valence-corrected chi connectivity index (χ4v) is 4.44. The molecule has 2 aromatic carbocycles. The smallest absolute Gasteiger partial charge is 0.307 e. The van der Waals surface area contributed by atoms with Crippen molar-refractivity contribution in [1.82, 2.24) is 0 Å². The highest BCUT2D eigenvalue weighted by molar-refractivity contribution is 5.77. The molecule has 1 N–H and O–H groups in total. The van der Waals surface area contributed by atoms with E-state index in [2.05, 4.69) is 6.92 Å². The molecule has 0 amide bonds. The first-order valence-corrected chi connectivity index (χ1v) is 10.1. The molecule has 3 rings (SSSR count). The third kappa shape index (κ3) is 4.44. The highest BCUT2D eigenvalue weighted by Gasteiger charge is 2.55. The summed E-state index contributed by atoms with van der Waals surface area (Å²) in [5.74, 6) is -2.03. The Morgan fingerprint density at radius 1 is 0.893 bits per heavy atom. The number of aliphatic carboxylic acids is 1. The maximum Gasteiger partial charge on any atom is 0.307 e. The summed E-state index contributed by atoms with van der Waals surface area (Å²) in [5.41, 5.74) is 1.96. The van der Waals surface area contributed by atoms with Gasteiger partial charge in [0.25, 0.3) is 0 Å². The first-order chi connectivity index (χ1) is 13.6. The molecule has 0 aromatic heterocycles. The molecular weight excluding hydrogens is 352 g/mol. The van der Waals surface area contributed by atoms with E-state index < -0.39 is 11.9 Å². The van der Waals surface area contributed by atoms with Crippen LogP contribution in [0.15, 0.2) is 60.7 Å². The molecule has 0 heterocycles. The van der Waals surface area contributed by atoms with Gasteiger partial charge < -0.3 is 9.84 Å². The van der Waals surface area contributed by atoms with Crippen LogP contribution in [0.4, 0.5) is 0 Å². The molecule has 4 heteroatoms. The van der Waals surface area contributed by atoms with Gasteiger partial charge in [-0.1, -0.05) is 80.4 Å². The number of hydrogen-bond donors (Lipinski definition) is 1. The van der Waals surface area contributed by atoms with E-state index in [4.69, 9.17) is 4.74 Å². The number of carboxylic acids is 1. The van der Waals surface area contributed by atoms with E-state index in [0.717, 1.165) is 30.4 Å². The molecule has 4 nitrogen and oxygen atoms in total. The highest BCUT2D eigenvalue weighted by atomic mass is 16.5. The third-order valence-electron chi connectivity index (χ3n) is 5.76. The SMILES string of the molecule is CCCCCOC(=O)C[C@H]1[C@H](c2ccccc2)[C@@H](C(=O)O)[C@H]1c1ccccc1. The molecule has 28 heavy (non-hydrogen) atoms. The molecule has 1 fully saturated rings. The van der Waals surface area contributed by atoms with Gasteiger partial charge in [0, 0.05) is 18.3 Å². The zero-order valence-electron chi connectivity index (χ0n) is 16.3. The van der Waals surface area contributed by atoms with Gasteiger partial charge in [0.1, 0.15) is 0 Å². The average Bonchev–Trinajstić information content (AvgIpc) is 2.69. The molecule has 148 valence electrons. The molecular formula is C24H28O4. The monoisotopic (exact) mass is 380 g/mol. The Hall–Kier alpha value is -2.62. The van der Waals surface area contributed by atoms with E-state index in [9.17, 15) is 14.7 Å². The van der Waals surface area contributed by atoms with Crippen molar-refractivity contribution in [3.8, 4) is 0 Å². The largest absolute Gasteiger partial charge is 0.481 e. The Balaban J connectivity index is 1.82. The van der Waals surface area contributed by atoms with Crippen LogP contribution in [0.1, 0.15) is 55.6 Å². The van der Waals surface area contributed by atoms with E-state index in [1.165, 1.54) is 0 Å². The van der Waals surface area contributed by atoms with Crippen molar-refractivity contribution >= 4 is 11.9 Å². The van der Waals surface area contributed by atoms with Crippen LogP contribution in [0.2, 0.25) is 0 Å². The quantitative estimate of drug-likeness (QED) is 0.491. The van der Waals surface area contributed by atoms with Crippen LogP contribution in [-0.2, 0) is 14.3 Å². The molecule has 1 saturated carbocycles. The van der Waals surface area contributed by atoms with Crippen LogP contribution >= 0.6 is 0 Å². The fourth-order valence-electron chi connectivity index (χ4n) is 4.44. The van der Waals surface area contributed by atoms with E-state index in [-0.39, 0.29) is 30.1 Å². The van der Waals surface area contributed by atoms with Crippen LogP contribution in [0.5, 0.6) is 0 Å². The molecule has 0 bridgehead atoms. The van der Waals surface area contributed by atoms with Crippen LogP contribution in [0, 0.1) is 11.8 Å². The average molecular weight is 380 g/mol. The summed E-state index contributed by atoms with van der Waals surface area (Å²) in [5, 5.41) is 9.93. The van der Waals surface area contributed by atoms with E-state index >= 15 is 0 Å². The number of unbranched alkanes of at least 4 members (excludes halogenated alkanes) is 2. The Kier molecular flexibility index (Phi) is 6.85. The van der Waals surface area contributed by atoms with Crippen molar-refractivity contribution in [2.75, 3.05) is 6.61 Å². The topological polar surface area (TPSA) is 63.6 Å². The second-order valence-corrected chi connectivity index (χ2v) is 7.53. The number of carbonyl (C=O) groups is 2. The summed E-state index contributed by atoms with van der Waals surface area (Å²) in [6.45, 7) is 2.55. The minimum Gasteiger partial charge on any atom is -0.481 e. The molecule has 2 atom stereocenters. The zero-order valence-corrected chi connectivity index (χ0v) is 16.3. The summed E-state index contributed by atoms with van der Waals surface area (Å²) in [6.07, 6.45) is 3.23. The first-order valence-electron chi connectivity index (χ1n) is 10.1. The first kappa shape index (κ1) is 20.1. The standard InChI is InChI=1S/C24H28O4/c1-2-3-10-15-28-20(25)16-19-21(17-11-6-4-7-12-17)23(24(26)27)22(19)18-13-8-5-9-14-18/h4-9,11-14,19,21-23H,2-3,10,15-16H2,1H3,(H,26,27)/t19-,21-,22-,23+/m0/s1. The van der Waals surface area contributed by atoms with Gasteiger partial charge in [0.2, 0.25) is 0 Å². The predicted octanol–water partition coefficient (Wildman–Crippen LogP) is 5.01. The highest BCUT2D eigenvalue weighted by Crippen LogP contribution is 2.58. The van der Waals surface area contributed by atoms with Crippen LogP contribution in [0.3, 0.4) is 0 Å². The van der Waals surface area contributed by atoms with Crippen molar-refractivity contribution in [3.63, 3.8) is 0 Å². The third-order valence-corrected chi connectivity index (χ3v) is 5.76. The van der Waals surface area contributed by atoms with E-state index in [1.54, 1.807) is 0 Å². The molecule has 1 aliphatic rings. The van der Waals surface area contributed by atoms with Crippen molar-refractivity contribution in [1.29, 1.82) is 0 Å². The number of carboxylic acid groups (broad SMARTS) is 1. The molecule has 2 aromatic rings. The van der Waals surface area contributed by atoms with Gasteiger partial charge in [-0.05, 0) is 23.5 Å². The van der Waals surface area contributed by atoms with Gasteiger partial charge in [0.05, 0.1) is 12.5 Å². The molecule has 1 aliphatic carbocycles. The minimum atomic E-state index is -0.810. The van der Waals surface area contributed by atoms with Gasteiger partial charge in [-0.3, -0.25) is 9.59 Å². The summed E-state index contributed by atoms with van der Waals surface area (Å²) >= 11 is 0. The van der Waals surface area contributed by atoms with Crippen molar-refractivity contribution < 1.29 is 19.4 Å². The summed E-state index contributed by atoms with van der Waals surface area (Å²) in [6, 6.07) is 19.4. The molecule has 0 radical (unpaired) electrons. The maximum absolute atomic E-state index is 12.5. The Bertz CT molecular complexity index is 724. The number of rotatable bonds is 9. The molecule has 0 unspecified atom stereocenters. The van der Waals surface area contributed by atoms with Crippen LogP contribution in [0.25, 0.3) is 0 Å². The Morgan fingerprint density at radius 3 is 1.89 bits per heavy atom. The molecule has 0 spiro atoms. The van der Waals surface area contributed by atoms with Crippen molar-refractivity contribution in [3.05, 3.63) is 71.8 Å². The zero-order chi connectivity index (χ0) is 19.9. The summed E-state index contributed by atoms with van der Waals surface area (Å²) in [7, 11) is 0. The minimum absolute atomic E-state index is 0.0791. The van der Waals surface area contributed by atoms with Crippen molar-refractivity contribution in [2.24, 2.45) is 11.8 Å². The maximum atomic E-state index is 12.5. The van der Waals surface area contributed by atoms with Gasteiger partial charge in [-0.15, -0.1) is 0 Å². The molecule has 0 saturated heterocycles. The van der Waals surface area contributed by atoms with Crippen LogP contribution in [-0.4, -0.2) is 23.7 Å². The fraction of sp³-hybridized carbons (Fsp3) is 0.417. The number of hydrogen-bond acceptors (Lipinski definition) is 3. The number of esters is 1. The Morgan fingerprint density at radius 2 is 1.43 bits per heavy atom. The predicted molar refractivity (Wildman–Crippen MR) is 108 cm³/mol. The lowest BCUT2D eigenvalue weighted by Crippen LogP contribution is -2.48. The number of carbonyl (C=O) groups excluding carboxylic acids is 1. The lowest BCUT2D eigenvalue weighted by molar-refractivity contribution is -0.155. The summed E-state index contributed by atoms with van der Waals surface area (Å²) < 4.78 is 5.43. The lowest BCUT2D eigenvalue weighted by atomic mass is 9.51. The van der Waals surface area contributed by atoms with E-state index in [1.807, 2.05) is 60.7 Å². The van der Waals surface area contributed by atoms with Crippen molar-refractivity contribution in [2.45, 2.75) is 44.4 Å². The Labute approximate surface area is 166 Å². The van der Waals surface area contributed by atoms with Gasteiger partial charge in [0.15, 0.2) is 0 Å². The summed E-state index contributed by atoms with van der Waals surface area (Å²) in [4.78, 5) is 24.6. The normalized spacial score (nSPS) is 23.6. The second kappa shape index (κ2) is 9.54. The number of ether oxygens (including phenoxy) is 1.